The SMILES string of the molecule is O=C(NCc1cscn1)N1CCC(Oc2cccnc2N2CCCC2)C1. The van der Waals surface area contributed by atoms with Crippen molar-refractivity contribution in [3.63, 3.8) is 0 Å². The van der Waals surface area contributed by atoms with E-state index in [1.807, 2.05) is 28.6 Å². The van der Waals surface area contributed by atoms with Gasteiger partial charge in [-0.05, 0) is 25.0 Å². The Morgan fingerprint density at radius 3 is 3.00 bits per heavy atom. The van der Waals surface area contributed by atoms with Gasteiger partial charge in [-0.1, -0.05) is 0 Å². The number of carbonyl (C=O) groups excluding carboxylic acids is 1. The first-order valence-corrected chi connectivity index (χ1v) is 10.0. The number of nitrogens with zero attached hydrogens (tertiary/aromatic N) is 4. The number of hydrogen-bond donors (Lipinski definition) is 1. The maximum Gasteiger partial charge on any atom is 0.317 e. The van der Waals surface area contributed by atoms with Gasteiger partial charge in [-0.15, -0.1) is 11.3 Å². The van der Waals surface area contributed by atoms with Gasteiger partial charge in [0.2, 0.25) is 0 Å². The number of likely N-dealkylation sites (tertiary alicyclic amines) is 1. The molecule has 138 valence electrons. The Hall–Kier alpha value is -2.35. The first-order valence-electron chi connectivity index (χ1n) is 9.06. The molecule has 0 saturated carbocycles. The van der Waals surface area contributed by atoms with Crippen molar-refractivity contribution in [1.82, 2.24) is 20.2 Å². The van der Waals surface area contributed by atoms with Crippen molar-refractivity contribution < 1.29 is 9.53 Å². The van der Waals surface area contributed by atoms with Crippen molar-refractivity contribution >= 4 is 23.2 Å². The minimum Gasteiger partial charge on any atom is -0.485 e. The molecule has 1 atom stereocenters. The Kier molecular flexibility index (Phi) is 5.19. The van der Waals surface area contributed by atoms with Crippen molar-refractivity contribution in [3.05, 3.63) is 34.9 Å². The second-order valence-corrected chi connectivity index (χ2v) is 7.35. The highest BCUT2D eigenvalue weighted by Gasteiger charge is 2.29. The Bertz CT molecular complexity index is 733. The number of anilines is 1. The highest BCUT2D eigenvalue weighted by Crippen LogP contribution is 2.30. The van der Waals surface area contributed by atoms with Gasteiger partial charge in [0.1, 0.15) is 6.10 Å². The lowest BCUT2D eigenvalue weighted by atomic mass is 10.3. The van der Waals surface area contributed by atoms with Crippen LogP contribution in [-0.2, 0) is 6.54 Å². The van der Waals surface area contributed by atoms with Crippen LogP contribution in [0.15, 0.2) is 29.2 Å². The molecule has 2 amide bonds. The molecule has 2 aromatic heterocycles. The lowest BCUT2D eigenvalue weighted by molar-refractivity contribution is 0.186. The summed E-state index contributed by atoms with van der Waals surface area (Å²) in [6.45, 7) is 3.82. The lowest BCUT2D eigenvalue weighted by Crippen LogP contribution is -2.39. The van der Waals surface area contributed by atoms with Gasteiger partial charge in [-0.3, -0.25) is 0 Å². The standard InChI is InChI=1S/C18H23N5O2S/c24-18(20-10-14-12-26-13-21-14)23-9-5-15(11-23)25-16-4-3-6-19-17(16)22-7-1-2-8-22/h3-4,6,12-13,15H,1-2,5,7-11H2,(H,20,24). The molecule has 0 aliphatic carbocycles. The van der Waals surface area contributed by atoms with Gasteiger partial charge < -0.3 is 19.9 Å². The van der Waals surface area contributed by atoms with Crippen LogP contribution in [0.2, 0.25) is 0 Å². The van der Waals surface area contributed by atoms with E-state index in [0.717, 1.165) is 36.8 Å². The van der Waals surface area contributed by atoms with E-state index in [0.29, 0.717) is 19.6 Å². The van der Waals surface area contributed by atoms with Gasteiger partial charge in [0.05, 0.1) is 24.3 Å². The van der Waals surface area contributed by atoms with Gasteiger partial charge in [0.25, 0.3) is 0 Å². The number of urea groups is 1. The Labute approximate surface area is 157 Å². The van der Waals surface area contributed by atoms with Gasteiger partial charge in [-0.25, -0.2) is 14.8 Å². The zero-order valence-corrected chi connectivity index (χ0v) is 15.5. The molecule has 0 bridgehead atoms. The molecular formula is C18H23N5O2S. The summed E-state index contributed by atoms with van der Waals surface area (Å²) in [4.78, 5) is 25.1. The van der Waals surface area contributed by atoms with Crippen LogP contribution >= 0.6 is 11.3 Å². The highest BCUT2D eigenvalue weighted by molar-refractivity contribution is 7.07. The summed E-state index contributed by atoms with van der Waals surface area (Å²) in [7, 11) is 0. The summed E-state index contributed by atoms with van der Waals surface area (Å²) in [5, 5.41) is 4.87. The first kappa shape index (κ1) is 17.1. The van der Waals surface area contributed by atoms with Gasteiger partial charge in [0.15, 0.2) is 11.6 Å². The predicted molar refractivity (Wildman–Crippen MR) is 101 cm³/mol. The van der Waals surface area contributed by atoms with Crippen LogP contribution in [0.5, 0.6) is 5.75 Å². The van der Waals surface area contributed by atoms with Crippen LogP contribution in [0.4, 0.5) is 10.6 Å². The minimum atomic E-state index is -0.0601. The van der Waals surface area contributed by atoms with Crippen LogP contribution in [-0.4, -0.2) is 53.2 Å². The first-order chi connectivity index (χ1) is 12.8. The van der Waals surface area contributed by atoms with Gasteiger partial charge in [-0.2, -0.15) is 0 Å². The number of ether oxygens (including phenoxy) is 1. The number of nitrogens with one attached hydrogen (secondary N) is 1. The number of carbonyl (C=O) groups is 1. The molecule has 2 aliphatic rings. The summed E-state index contributed by atoms with van der Waals surface area (Å²) in [6.07, 6.45) is 5.05. The smallest absolute Gasteiger partial charge is 0.317 e. The van der Waals surface area contributed by atoms with E-state index in [1.54, 1.807) is 5.51 Å². The zero-order valence-electron chi connectivity index (χ0n) is 14.6. The van der Waals surface area contributed by atoms with E-state index >= 15 is 0 Å². The zero-order chi connectivity index (χ0) is 17.8. The Balaban J connectivity index is 1.32. The largest absolute Gasteiger partial charge is 0.485 e. The quantitative estimate of drug-likeness (QED) is 0.872. The fourth-order valence-corrected chi connectivity index (χ4v) is 3.99. The minimum absolute atomic E-state index is 0.00516. The molecule has 2 aromatic rings. The van der Waals surface area contributed by atoms with Crippen molar-refractivity contribution in [3.8, 4) is 5.75 Å². The number of thiazole rings is 1. The molecule has 2 fully saturated rings. The molecule has 1 N–H and O–H groups in total. The maximum atomic E-state index is 12.3. The molecule has 2 aliphatic heterocycles. The fraction of sp³-hybridized carbons (Fsp3) is 0.500. The summed E-state index contributed by atoms with van der Waals surface area (Å²) in [5.74, 6) is 1.75. The molecule has 8 heteroatoms. The van der Waals surface area contributed by atoms with E-state index in [-0.39, 0.29) is 12.1 Å². The molecule has 4 heterocycles. The third kappa shape index (κ3) is 3.90. The highest BCUT2D eigenvalue weighted by atomic mass is 32.1. The summed E-state index contributed by atoms with van der Waals surface area (Å²) in [5.41, 5.74) is 2.66. The Morgan fingerprint density at radius 2 is 2.19 bits per heavy atom. The van der Waals surface area contributed by atoms with Gasteiger partial charge >= 0.3 is 6.03 Å². The molecule has 0 aromatic carbocycles. The van der Waals surface area contributed by atoms with Crippen LogP contribution in [0.1, 0.15) is 25.0 Å². The average molecular weight is 373 g/mol. The number of pyridine rings is 1. The molecular weight excluding hydrogens is 350 g/mol. The molecule has 26 heavy (non-hydrogen) atoms. The monoisotopic (exact) mass is 373 g/mol. The predicted octanol–water partition coefficient (Wildman–Crippen LogP) is 2.50. The molecule has 7 nitrogen and oxygen atoms in total. The second-order valence-electron chi connectivity index (χ2n) is 6.63. The maximum absolute atomic E-state index is 12.3. The molecule has 4 rings (SSSR count). The van der Waals surface area contributed by atoms with Crippen LogP contribution in [0.3, 0.4) is 0 Å². The van der Waals surface area contributed by atoms with E-state index in [9.17, 15) is 4.79 Å². The van der Waals surface area contributed by atoms with E-state index < -0.39 is 0 Å². The summed E-state index contributed by atoms with van der Waals surface area (Å²) >= 11 is 1.53. The molecule has 0 spiro atoms. The fourth-order valence-electron chi connectivity index (χ4n) is 3.43. The number of hydrogen-bond acceptors (Lipinski definition) is 6. The molecule has 1 unspecified atom stereocenters. The number of amides is 2. The van der Waals surface area contributed by atoms with Crippen molar-refractivity contribution in [1.29, 1.82) is 0 Å². The molecule has 2 saturated heterocycles. The summed E-state index contributed by atoms with van der Waals surface area (Å²) in [6, 6.07) is 3.82. The number of aromatic nitrogens is 2. The number of rotatable bonds is 5. The van der Waals surface area contributed by atoms with Crippen molar-refractivity contribution in [2.75, 3.05) is 31.1 Å². The normalized spacial score (nSPS) is 19.8. The van der Waals surface area contributed by atoms with Crippen LogP contribution in [0.25, 0.3) is 0 Å². The van der Waals surface area contributed by atoms with E-state index in [4.69, 9.17) is 4.74 Å². The van der Waals surface area contributed by atoms with Crippen molar-refractivity contribution in [2.24, 2.45) is 0 Å². The van der Waals surface area contributed by atoms with Crippen LogP contribution in [0, 0.1) is 0 Å². The van der Waals surface area contributed by atoms with Gasteiger partial charge in [0, 0.05) is 37.6 Å². The van der Waals surface area contributed by atoms with Crippen LogP contribution < -0.4 is 15.0 Å². The third-order valence-electron chi connectivity index (χ3n) is 4.79. The van der Waals surface area contributed by atoms with E-state index in [1.165, 1.54) is 24.2 Å². The third-order valence-corrected chi connectivity index (χ3v) is 5.42. The lowest BCUT2D eigenvalue weighted by Gasteiger charge is -2.22. The van der Waals surface area contributed by atoms with Crippen molar-refractivity contribution in [2.45, 2.75) is 31.9 Å². The summed E-state index contributed by atoms with van der Waals surface area (Å²) < 4.78 is 6.21. The molecule has 0 radical (unpaired) electrons. The topological polar surface area (TPSA) is 70.6 Å². The van der Waals surface area contributed by atoms with E-state index in [2.05, 4.69) is 20.2 Å². The Morgan fingerprint density at radius 1 is 1.31 bits per heavy atom. The average Bonchev–Trinajstić information content (AvgIpc) is 3.42. The second kappa shape index (κ2) is 7.90.